The molecule has 1 amide bonds. The van der Waals surface area contributed by atoms with Crippen molar-refractivity contribution in [2.45, 2.75) is 26.8 Å². The summed E-state index contributed by atoms with van der Waals surface area (Å²) in [6, 6.07) is 6.52. The number of nitrogens with zero attached hydrogens (tertiary/aromatic N) is 5. The number of nitrogens with one attached hydrogen (secondary N) is 1. The maximum absolute atomic E-state index is 13.8. The fourth-order valence-electron chi connectivity index (χ4n) is 3.38. The first-order valence-electron chi connectivity index (χ1n) is 9.44. The van der Waals surface area contributed by atoms with Gasteiger partial charge in [-0.1, -0.05) is 17.7 Å². The lowest BCUT2D eigenvalue weighted by Gasteiger charge is -2.09. The number of hydrogen-bond donors (Lipinski definition) is 1. The summed E-state index contributed by atoms with van der Waals surface area (Å²) in [5.74, 6) is -0.378. The van der Waals surface area contributed by atoms with Crippen LogP contribution in [0.5, 0.6) is 0 Å². The molecule has 0 unspecified atom stereocenters. The van der Waals surface area contributed by atoms with Crippen molar-refractivity contribution >= 4 is 34.2 Å². The van der Waals surface area contributed by atoms with Gasteiger partial charge in [-0.05, 0) is 37.6 Å². The molecule has 0 radical (unpaired) electrons. The molecule has 160 valence electrons. The number of aryl methyl sites for hydroxylation is 3. The van der Waals surface area contributed by atoms with Crippen molar-refractivity contribution in [2.75, 3.05) is 5.32 Å². The van der Waals surface area contributed by atoms with Crippen molar-refractivity contribution < 1.29 is 13.6 Å². The molecule has 3 aromatic heterocycles. The van der Waals surface area contributed by atoms with Gasteiger partial charge >= 0.3 is 0 Å². The van der Waals surface area contributed by atoms with Crippen molar-refractivity contribution in [3.05, 3.63) is 58.5 Å². The molecule has 0 aliphatic carbocycles. The van der Waals surface area contributed by atoms with Gasteiger partial charge < -0.3 is 5.32 Å². The highest BCUT2D eigenvalue weighted by Gasteiger charge is 2.22. The van der Waals surface area contributed by atoms with Crippen LogP contribution in [0.15, 0.2) is 36.7 Å². The first kappa shape index (κ1) is 20.9. The van der Waals surface area contributed by atoms with Crippen LogP contribution in [0.25, 0.3) is 22.3 Å². The SMILES string of the molecule is Cc1ccc(NC(=O)Cn2nc(C)c3c(C(F)F)cc(-c4cnn(C)c4)nc32)cc1Cl. The van der Waals surface area contributed by atoms with Crippen molar-refractivity contribution in [1.29, 1.82) is 0 Å². The van der Waals surface area contributed by atoms with E-state index >= 15 is 0 Å². The summed E-state index contributed by atoms with van der Waals surface area (Å²) >= 11 is 6.11. The molecular weight excluding hydrogens is 426 g/mol. The van der Waals surface area contributed by atoms with Crippen LogP contribution < -0.4 is 5.32 Å². The number of alkyl halides is 2. The number of benzene rings is 1. The summed E-state index contributed by atoms with van der Waals surface area (Å²) in [5, 5.41) is 11.9. The smallest absolute Gasteiger partial charge is 0.264 e. The van der Waals surface area contributed by atoms with E-state index < -0.39 is 6.43 Å². The highest BCUT2D eigenvalue weighted by atomic mass is 35.5. The minimum atomic E-state index is -2.72. The summed E-state index contributed by atoms with van der Waals surface area (Å²) in [6.07, 6.45) is 0.510. The molecule has 1 N–H and O–H groups in total. The fraction of sp³-hybridized carbons (Fsp3) is 0.238. The molecule has 4 aromatic rings. The Morgan fingerprint density at radius 2 is 2.03 bits per heavy atom. The molecule has 3 heterocycles. The van der Waals surface area contributed by atoms with Crippen LogP contribution in [-0.4, -0.2) is 30.5 Å². The zero-order chi connectivity index (χ0) is 22.3. The Hall–Kier alpha value is -3.33. The average Bonchev–Trinajstić information content (AvgIpc) is 3.27. The first-order chi connectivity index (χ1) is 14.7. The maximum Gasteiger partial charge on any atom is 0.264 e. The number of hydrogen-bond acceptors (Lipinski definition) is 4. The number of pyridine rings is 1. The van der Waals surface area contributed by atoms with E-state index in [9.17, 15) is 13.6 Å². The molecule has 31 heavy (non-hydrogen) atoms. The number of carbonyl (C=O) groups excluding carboxylic acids is 1. The molecule has 0 aliphatic heterocycles. The van der Waals surface area contributed by atoms with Crippen LogP contribution in [0.2, 0.25) is 5.02 Å². The van der Waals surface area contributed by atoms with Crippen molar-refractivity contribution in [2.24, 2.45) is 7.05 Å². The molecule has 0 bridgehead atoms. The Labute approximate surface area is 181 Å². The molecule has 0 saturated carbocycles. The van der Waals surface area contributed by atoms with Crippen molar-refractivity contribution in [3.8, 4) is 11.3 Å². The van der Waals surface area contributed by atoms with Crippen molar-refractivity contribution in [1.82, 2.24) is 24.5 Å². The van der Waals surface area contributed by atoms with E-state index in [-0.39, 0.29) is 29.0 Å². The number of rotatable bonds is 5. The second-order valence-electron chi connectivity index (χ2n) is 7.25. The van der Waals surface area contributed by atoms with Gasteiger partial charge in [-0.25, -0.2) is 18.4 Å². The molecule has 10 heteroatoms. The molecular formula is C21H19ClF2N6O. The van der Waals surface area contributed by atoms with Gasteiger partial charge in [0.25, 0.3) is 6.43 Å². The van der Waals surface area contributed by atoms with Crippen LogP contribution in [0.4, 0.5) is 14.5 Å². The summed E-state index contributed by atoms with van der Waals surface area (Å²) in [6.45, 7) is 3.29. The summed E-state index contributed by atoms with van der Waals surface area (Å²) in [4.78, 5) is 17.1. The second-order valence-corrected chi connectivity index (χ2v) is 7.66. The van der Waals surface area contributed by atoms with Crippen molar-refractivity contribution in [3.63, 3.8) is 0 Å². The zero-order valence-corrected chi connectivity index (χ0v) is 17.8. The molecule has 1 aromatic carbocycles. The van der Waals surface area contributed by atoms with E-state index in [1.165, 1.54) is 10.7 Å². The van der Waals surface area contributed by atoms with Crippen LogP contribution in [-0.2, 0) is 18.4 Å². The van der Waals surface area contributed by atoms with Gasteiger partial charge in [0, 0.05) is 35.1 Å². The van der Waals surface area contributed by atoms with Gasteiger partial charge in [0.2, 0.25) is 5.91 Å². The predicted molar refractivity (Wildman–Crippen MR) is 114 cm³/mol. The number of amides is 1. The lowest BCUT2D eigenvalue weighted by atomic mass is 10.1. The highest BCUT2D eigenvalue weighted by Crippen LogP contribution is 2.33. The predicted octanol–water partition coefficient (Wildman–Crippen LogP) is 4.68. The number of anilines is 1. The molecule has 0 atom stereocenters. The normalized spacial score (nSPS) is 11.5. The molecule has 0 fully saturated rings. The van der Waals surface area contributed by atoms with Crippen LogP contribution >= 0.6 is 11.6 Å². The third-order valence-corrected chi connectivity index (χ3v) is 5.30. The molecule has 0 saturated heterocycles. The Balaban J connectivity index is 1.72. The summed E-state index contributed by atoms with van der Waals surface area (Å²) in [5.41, 5.74) is 2.76. The third-order valence-electron chi connectivity index (χ3n) is 4.89. The van der Waals surface area contributed by atoms with Gasteiger partial charge in [-0.2, -0.15) is 10.2 Å². The Morgan fingerprint density at radius 1 is 1.26 bits per heavy atom. The van der Waals surface area contributed by atoms with Crippen LogP contribution in [0, 0.1) is 13.8 Å². The fourth-order valence-corrected chi connectivity index (χ4v) is 3.56. The van der Waals surface area contributed by atoms with Gasteiger partial charge in [0.05, 0.1) is 23.0 Å². The molecule has 0 spiro atoms. The standard InChI is InChI=1S/C21H19ClF2N6O/c1-11-4-5-14(6-16(11)22)26-18(31)10-30-21-19(12(2)28-30)15(20(23)24)7-17(27-21)13-8-25-29(3)9-13/h4-9,20H,10H2,1-3H3,(H,26,31). The van der Waals surface area contributed by atoms with E-state index in [1.54, 1.807) is 49.2 Å². The van der Waals surface area contributed by atoms with E-state index in [2.05, 4.69) is 20.5 Å². The quantitative estimate of drug-likeness (QED) is 0.485. The first-order valence-corrected chi connectivity index (χ1v) is 9.82. The topological polar surface area (TPSA) is 77.6 Å². The van der Waals surface area contributed by atoms with Gasteiger partial charge in [0.1, 0.15) is 6.54 Å². The number of carbonyl (C=O) groups is 1. The van der Waals surface area contributed by atoms with E-state index in [0.29, 0.717) is 27.7 Å². The minimum Gasteiger partial charge on any atom is -0.324 e. The van der Waals surface area contributed by atoms with Crippen LogP contribution in [0.3, 0.4) is 0 Å². The minimum absolute atomic E-state index is 0.182. The monoisotopic (exact) mass is 444 g/mol. The number of halogens is 3. The second kappa shape index (κ2) is 8.07. The Morgan fingerprint density at radius 3 is 2.68 bits per heavy atom. The average molecular weight is 445 g/mol. The zero-order valence-electron chi connectivity index (χ0n) is 17.0. The van der Waals surface area contributed by atoms with E-state index in [1.807, 2.05) is 6.92 Å². The number of aromatic nitrogens is 5. The molecule has 0 aliphatic rings. The molecule has 4 rings (SSSR count). The maximum atomic E-state index is 13.8. The Kier molecular flexibility index (Phi) is 5.45. The third kappa shape index (κ3) is 4.13. The lowest BCUT2D eigenvalue weighted by Crippen LogP contribution is -2.20. The summed E-state index contributed by atoms with van der Waals surface area (Å²) < 4.78 is 30.6. The lowest BCUT2D eigenvalue weighted by molar-refractivity contribution is -0.116. The number of fused-ring (bicyclic) bond motifs is 1. The van der Waals surface area contributed by atoms with Gasteiger partial charge in [-0.15, -0.1) is 0 Å². The Bertz CT molecular complexity index is 1300. The highest BCUT2D eigenvalue weighted by molar-refractivity contribution is 6.31. The van der Waals surface area contributed by atoms with Gasteiger partial charge in [0.15, 0.2) is 5.65 Å². The van der Waals surface area contributed by atoms with Gasteiger partial charge in [-0.3, -0.25) is 9.48 Å². The summed E-state index contributed by atoms with van der Waals surface area (Å²) in [7, 11) is 1.73. The van der Waals surface area contributed by atoms with E-state index in [4.69, 9.17) is 11.6 Å². The molecule has 7 nitrogen and oxygen atoms in total. The van der Waals surface area contributed by atoms with Crippen LogP contribution in [0.1, 0.15) is 23.2 Å². The largest absolute Gasteiger partial charge is 0.324 e. The van der Waals surface area contributed by atoms with E-state index in [0.717, 1.165) is 5.56 Å².